The molecule has 0 radical (unpaired) electrons. The zero-order valence-electron chi connectivity index (χ0n) is 10.9. The van der Waals surface area contributed by atoms with Gasteiger partial charge in [0.25, 0.3) is 0 Å². The van der Waals surface area contributed by atoms with Crippen LogP contribution in [0.1, 0.15) is 30.5 Å². The van der Waals surface area contributed by atoms with E-state index in [4.69, 9.17) is 11.6 Å². The molecule has 2 rings (SSSR count). The first kappa shape index (κ1) is 14.0. The third kappa shape index (κ3) is 3.55. The van der Waals surface area contributed by atoms with Crippen molar-refractivity contribution in [3.8, 4) is 0 Å². The van der Waals surface area contributed by atoms with Gasteiger partial charge in [-0.05, 0) is 23.6 Å². The maximum atomic E-state index is 13.3. The van der Waals surface area contributed by atoms with E-state index in [1.807, 2.05) is 24.3 Å². The lowest BCUT2D eigenvalue weighted by Gasteiger charge is -2.18. The molecule has 0 heterocycles. The van der Waals surface area contributed by atoms with Crippen molar-refractivity contribution in [1.82, 2.24) is 5.32 Å². The molecule has 100 valence electrons. The third-order valence-electron chi connectivity index (χ3n) is 3.18. The maximum Gasteiger partial charge on any atom is 0.142 e. The minimum absolute atomic E-state index is 0.206. The number of hydrogen-bond acceptors (Lipinski definition) is 1. The highest BCUT2D eigenvalue weighted by Gasteiger charge is 2.10. The van der Waals surface area contributed by atoms with Crippen LogP contribution < -0.4 is 5.32 Å². The molecule has 1 unspecified atom stereocenters. The van der Waals surface area contributed by atoms with E-state index < -0.39 is 0 Å². The highest BCUT2D eigenvalue weighted by atomic mass is 35.5. The molecule has 0 aliphatic carbocycles. The number of nitrogens with one attached hydrogen (secondary N) is 1. The van der Waals surface area contributed by atoms with Crippen LogP contribution in [0.4, 0.5) is 4.39 Å². The summed E-state index contributed by atoms with van der Waals surface area (Å²) in [7, 11) is 0. The van der Waals surface area contributed by atoms with Gasteiger partial charge < -0.3 is 5.32 Å². The summed E-state index contributed by atoms with van der Waals surface area (Å²) in [6.07, 6.45) is 0.969. The number of benzene rings is 2. The molecule has 0 aliphatic rings. The minimum Gasteiger partial charge on any atom is -0.306 e. The lowest BCUT2D eigenvalue weighted by atomic mass is 10.0. The predicted molar refractivity (Wildman–Crippen MR) is 77.7 cm³/mol. The van der Waals surface area contributed by atoms with Crippen LogP contribution in [0.3, 0.4) is 0 Å². The summed E-state index contributed by atoms with van der Waals surface area (Å²) in [5.74, 6) is -0.367. The molecule has 2 aromatic carbocycles. The standard InChI is InChI=1S/C16H17ClFN/c1-2-15(12-7-4-3-5-8-12)19-11-13-9-6-10-14(18)16(13)17/h3-10,15,19H,2,11H2,1H3. The maximum absolute atomic E-state index is 13.3. The van der Waals surface area contributed by atoms with Gasteiger partial charge in [0.1, 0.15) is 5.82 Å². The molecular formula is C16H17ClFN. The van der Waals surface area contributed by atoms with E-state index in [9.17, 15) is 4.39 Å². The molecule has 2 aromatic rings. The molecule has 0 fully saturated rings. The first-order valence-electron chi connectivity index (χ1n) is 6.43. The number of hydrogen-bond donors (Lipinski definition) is 1. The van der Waals surface area contributed by atoms with Crippen LogP contribution in [-0.2, 0) is 6.54 Å². The van der Waals surface area contributed by atoms with Gasteiger partial charge in [0.2, 0.25) is 0 Å². The molecule has 1 atom stereocenters. The Balaban J connectivity index is 2.06. The van der Waals surface area contributed by atoms with Crippen molar-refractivity contribution >= 4 is 11.6 Å². The molecule has 0 spiro atoms. The minimum atomic E-state index is -0.367. The quantitative estimate of drug-likeness (QED) is 0.834. The molecule has 3 heteroatoms. The van der Waals surface area contributed by atoms with Gasteiger partial charge in [-0.15, -0.1) is 0 Å². The lowest BCUT2D eigenvalue weighted by Crippen LogP contribution is -2.20. The summed E-state index contributed by atoms with van der Waals surface area (Å²) in [5.41, 5.74) is 2.02. The summed E-state index contributed by atoms with van der Waals surface area (Å²) in [6, 6.07) is 15.4. The molecule has 19 heavy (non-hydrogen) atoms. The van der Waals surface area contributed by atoms with E-state index >= 15 is 0 Å². The van der Waals surface area contributed by atoms with Crippen molar-refractivity contribution in [2.45, 2.75) is 25.9 Å². The Morgan fingerprint density at radius 2 is 1.84 bits per heavy atom. The van der Waals surface area contributed by atoms with Crippen LogP contribution in [0.15, 0.2) is 48.5 Å². The van der Waals surface area contributed by atoms with E-state index in [1.54, 1.807) is 6.07 Å². The Kier molecular flexibility index (Phi) is 4.94. The molecule has 0 saturated heterocycles. The average molecular weight is 278 g/mol. The van der Waals surface area contributed by atoms with E-state index in [0.717, 1.165) is 12.0 Å². The Morgan fingerprint density at radius 1 is 1.11 bits per heavy atom. The van der Waals surface area contributed by atoms with Crippen molar-refractivity contribution in [3.05, 3.63) is 70.5 Å². The molecule has 0 saturated carbocycles. The predicted octanol–water partition coefficient (Wildman–Crippen LogP) is 4.72. The van der Waals surface area contributed by atoms with Crippen LogP contribution in [-0.4, -0.2) is 0 Å². The van der Waals surface area contributed by atoms with E-state index in [0.29, 0.717) is 6.54 Å². The van der Waals surface area contributed by atoms with Gasteiger partial charge in [-0.1, -0.05) is 61.0 Å². The zero-order valence-corrected chi connectivity index (χ0v) is 11.6. The van der Waals surface area contributed by atoms with Crippen molar-refractivity contribution in [1.29, 1.82) is 0 Å². The van der Waals surface area contributed by atoms with Crippen LogP contribution in [0.2, 0.25) is 5.02 Å². The van der Waals surface area contributed by atoms with Gasteiger partial charge in [-0.25, -0.2) is 4.39 Å². The van der Waals surface area contributed by atoms with E-state index in [1.165, 1.54) is 11.6 Å². The van der Waals surface area contributed by atoms with Gasteiger partial charge in [-0.2, -0.15) is 0 Å². The zero-order chi connectivity index (χ0) is 13.7. The fraction of sp³-hybridized carbons (Fsp3) is 0.250. The average Bonchev–Trinajstić information content (AvgIpc) is 2.45. The summed E-state index contributed by atoms with van der Waals surface area (Å²) in [6.45, 7) is 2.68. The molecule has 1 N–H and O–H groups in total. The summed E-state index contributed by atoms with van der Waals surface area (Å²) in [5, 5.41) is 3.63. The topological polar surface area (TPSA) is 12.0 Å². The van der Waals surface area contributed by atoms with Gasteiger partial charge in [0.15, 0.2) is 0 Å². The van der Waals surface area contributed by atoms with Crippen LogP contribution in [0.5, 0.6) is 0 Å². The molecule has 0 aliphatic heterocycles. The van der Waals surface area contributed by atoms with Crippen LogP contribution >= 0.6 is 11.6 Å². The van der Waals surface area contributed by atoms with Crippen molar-refractivity contribution in [2.75, 3.05) is 0 Å². The fourth-order valence-corrected chi connectivity index (χ4v) is 2.29. The summed E-state index contributed by atoms with van der Waals surface area (Å²) >= 11 is 5.95. The second-order valence-corrected chi connectivity index (χ2v) is 4.84. The SMILES string of the molecule is CCC(NCc1cccc(F)c1Cl)c1ccccc1. The first-order valence-corrected chi connectivity index (χ1v) is 6.81. The van der Waals surface area contributed by atoms with Gasteiger partial charge in [0.05, 0.1) is 5.02 Å². The molecular weight excluding hydrogens is 261 g/mol. The lowest BCUT2D eigenvalue weighted by molar-refractivity contribution is 0.517. The van der Waals surface area contributed by atoms with Crippen LogP contribution in [0.25, 0.3) is 0 Å². The van der Waals surface area contributed by atoms with E-state index in [2.05, 4.69) is 24.4 Å². The highest BCUT2D eigenvalue weighted by molar-refractivity contribution is 6.31. The largest absolute Gasteiger partial charge is 0.306 e. The summed E-state index contributed by atoms with van der Waals surface area (Å²) in [4.78, 5) is 0. The van der Waals surface area contributed by atoms with E-state index in [-0.39, 0.29) is 16.9 Å². The van der Waals surface area contributed by atoms with Crippen molar-refractivity contribution in [3.63, 3.8) is 0 Å². The molecule has 0 amide bonds. The van der Waals surface area contributed by atoms with Gasteiger partial charge in [-0.3, -0.25) is 0 Å². The fourth-order valence-electron chi connectivity index (χ4n) is 2.10. The molecule has 0 aromatic heterocycles. The van der Waals surface area contributed by atoms with Gasteiger partial charge >= 0.3 is 0 Å². The number of halogens is 2. The monoisotopic (exact) mass is 277 g/mol. The third-order valence-corrected chi connectivity index (χ3v) is 3.60. The molecule has 0 bridgehead atoms. The van der Waals surface area contributed by atoms with Crippen LogP contribution in [0, 0.1) is 5.82 Å². The Bertz CT molecular complexity index is 528. The number of rotatable bonds is 5. The second-order valence-electron chi connectivity index (χ2n) is 4.47. The Hall–Kier alpha value is -1.38. The summed E-state index contributed by atoms with van der Waals surface area (Å²) < 4.78 is 13.3. The smallest absolute Gasteiger partial charge is 0.142 e. The van der Waals surface area contributed by atoms with Crippen molar-refractivity contribution in [2.24, 2.45) is 0 Å². The highest BCUT2D eigenvalue weighted by Crippen LogP contribution is 2.22. The normalized spacial score (nSPS) is 12.4. The second kappa shape index (κ2) is 6.69. The Morgan fingerprint density at radius 3 is 2.53 bits per heavy atom. The molecule has 1 nitrogen and oxygen atoms in total. The van der Waals surface area contributed by atoms with Crippen molar-refractivity contribution < 1.29 is 4.39 Å². The first-order chi connectivity index (χ1) is 9.22. The van der Waals surface area contributed by atoms with Gasteiger partial charge in [0, 0.05) is 12.6 Å². The Labute approximate surface area is 118 Å².